The van der Waals surface area contributed by atoms with Crippen LogP contribution in [0.3, 0.4) is 0 Å². The fourth-order valence-electron chi connectivity index (χ4n) is 3.08. The van der Waals surface area contributed by atoms with Crippen LogP contribution < -0.4 is 5.32 Å². The normalized spacial score (nSPS) is 26.4. The number of amides is 2. The molecular formula is C17H24N2O2. The van der Waals surface area contributed by atoms with Crippen molar-refractivity contribution < 1.29 is 9.59 Å². The number of benzene rings is 1. The van der Waals surface area contributed by atoms with Crippen molar-refractivity contribution in [3.63, 3.8) is 0 Å². The Bertz CT molecular complexity index is 539. The quantitative estimate of drug-likeness (QED) is 0.927. The van der Waals surface area contributed by atoms with Gasteiger partial charge in [-0.3, -0.25) is 9.59 Å². The van der Waals surface area contributed by atoms with E-state index in [2.05, 4.69) is 5.32 Å². The molecule has 4 heteroatoms. The summed E-state index contributed by atoms with van der Waals surface area (Å²) in [4.78, 5) is 27.4. The Morgan fingerprint density at radius 1 is 1.10 bits per heavy atom. The van der Waals surface area contributed by atoms with E-state index >= 15 is 0 Å². The zero-order valence-electron chi connectivity index (χ0n) is 13.4. The first kappa shape index (κ1) is 15.5. The fourth-order valence-corrected chi connectivity index (χ4v) is 3.08. The lowest BCUT2D eigenvalue weighted by molar-refractivity contribution is -0.161. The van der Waals surface area contributed by atoms with E-state index in [-0.39, 0.29) is 23.8 Å². The summed E-state index contributed by atoms with van der Waals surface area (Å²) >= 11 is 0. The van der Waals surface area contributed by atoms with Crippen molar-refractivity contribution in [3.05, 3.63) is 35.9 Å². The molecule has 1 aromatic rings. The average Bonchev–Trinajstić information content (AvgIpc) is 2.43. The molecule has 2 unspecified atom stereocenters. The molecule has 0 bridgehead atoms. The van der Waals surface area contributed by atoms with E-state index < -0.39 is 11.6 Å². The summed E-state index contributed by atoms with van der Waals surface area (Å²) in [6.07, 6.45) is 0. The smallest absolute Gasteiger partial charge is 0.251 e. The molecule has 1 aromatic carbocycles. The lowest BCUT2D eigenvalue weighted by Crippen LogP contribution is -2.70. The van der Waals surface area contributed by atoms with E-state index in [0.717, 1.165) is 5.56 Å². The Balaban J connectivity index is 2.54. The maximum atomic E-state index is 12.9. The van der Waals surface area contributed by atoms with Gasteiger partial charge in [0.25, 0.3) is 5.91 Å². The molecule has 1 aliphatic rings. The fraction of sp³-hybridized carbons (Fsp3) is 0.529. The Labute approximate surface area is 126 Å². The molecular weight excluding hydrogens is 264 g/mol. The highest BCUT2D eigenvalue weighted by molar-refractivity contribution is 6.00. The third-order valence-corrected chi connectivity index (χ3v) is 4.23. The minimum Gasteiger partial charge on any atom is -0.342 e. The van der Waals surface area contributed by atoms with E-state index in [1.807, 2.05) is 65.0 Å². The van der Waals surface area contributed by atoms with Crippen LogP contribution in [0, 0.1) is 5.92 Å². The SMILES string of the molecule is CC(C)C1NC(=O)C(C)(c2ccccc2)N(C(C)C)C1=O. The van der Waals surface area contributed by atoms with Crippen LogP contribution in [0.2, 0.25) is 0 Å². The molecule has 114 valence electrons. The summed E-state index contributed by atoms with van der Waals surface area (Å²) in [5.74, 6) is -0.0466. The maximum absolute atomic E-state index is 12.9. The third kappa shape index (κ3) is 2.43. The lowest BCUT2D eigenvalue weighted by Gasteiger charge is -2.49. The highest BCUT2D eigenvalue weighted by Crippen LogP contribution is 2.35. The van der Waals surface area contributed by atoms with E-state index in [0.29, 0.717) is 0 Å². The van der Waals surface area contributed by atoms with Crippen LogP contribution in [-0.4, -0.2) is 28.8 Å². The second-order valence-electron chi connectivity index (χ2n) is 6.44. The number of nitrogens with zero attached hydrogens (tertiary/aromatic N) is 1. The maximum Gasteiger partial charge on any atom is 0.251 e. The van der Waals surface area contributed by atoms with Gasteiger partial charge in [0.2, 0.25) is 5.91 Å². The lowest BCUT2D eigenvalue weighted by atomic mass is 9.83. The minimum atomic E-state index is -0.960. The van der Waals surface area contributed by atoms with Gasteiger partial charge in [-0.05, 0) is 32.3 Å². The van der Waals surface area contributed by atoms with Gasteiger partial charge in [-0.2, -0.15) is 0 Å². The van der Waals surface area contributed by atoms with Crippen LogP contribution in [0.15, 0.2) is 30.3 Å². The average molecular weight is 288 g/mol. The van der Waals surface area contributed by atoms with Crippen molar-refractivity contribution in [2.75, 3.05) is 0 Å². The Kier molecular flexibility index (Phi) is 4.08. The number of carbonyl (C=O) groups is 2. The summed E-state index contributed by atoms with van der Waals surface area (Å²) in [6, 6.07) is 9.00. The molecule has 0 saturated carbocycles. The highest BCUT2D eigenvalue weighted by Gasteiger charge is 2.51. The van der Waals surface area contributed by atoms with Crippen molar-refractivity contribution in [2.24, 2.45) is 5.92 Å². The zero-order valence-corrected chi connectivity index (χ0v) is 13.4. The number of carbonyl (C=O) groups excluding carboxylic acids is 2. The van der Waals surface area contributed by atoms with Gasteiger partial charge >= 0.3 is 0 Å². The molecule has 1 N–H and O–H groups in total. The van der Waals surface area contributed by atoms with Gasteiger partial charge in [-0.15, -0.1) is 0 Å². The second-order valence-corrected chi connectivity index (χ2v) is 6.44. The van der Waals surface area contributed by atoms with Crippen LogP contribution in [-0.2, 0) is 15.1 Å². The van der Waals surface area contributed by atoms with Crippen molar-refractivity contribution in [2.45, 2.75) is 52.2 Å². The van der Waals surface area contributed by atoms with Gasteiger partial charge < -0.3 is 10.2 Å². The summed E-state index contributed by atoms with van der Waals surface area (Å²) < 4.78 is 0. The molecule has 4 nitrogen and oxygen atoms in total. The molecule has 0 aliphatic carbocycles. The number of rotatable bonds is 3. The standard InChI is InChI=1S/C17H24N2O2/c1-11(2)14-15(20)19(12(3)4)17(5,16(21)18-14)13-9-7-6-8-10-13/h6-12,14H,1-5H3,(H,18,21). The summed E-state index contributed by atoms with van der Waals surface area (Å²) in [5.41, 5.74) is -0.121. The molecule has 0 radical (unpaired) electrons. The van der Waals surface area contributed by atoms with Crippen LogP contribution >= 0.6 is 0 Å². The molecule has 0 aromatic heterocycles. The van der Waals surface area contributed by atoms with Gasteiger partial charge in [0.1, 0.15) is 11.6 Å². The first-order chi connectivity index (χ1) is 9.80. The van der Waals surface area contributed by atoms with Gasteiger partial charge in [-0.1, -0.05) is 44.2 Å². The predicted octanol–water partition coefficient (Wildman–Crippen LogP) is 2.29. The van der Waals surface area contributed by atoms with Gasteiger partial charge in [0, 0.05) is 6.04 Å². The second kappa shape index (κ2) is 5.51. The number of hydrogen-bond acceptors (Lipinski definition) is 2. The minimum absolute atomic E-state index is 0.00838. The van der Waals surface area contributed by atoms with Crippen LogP contribution in [0.5, 0.6) is 0 Å². The van der Waals surface area contributed by atoms with Crippen molar-refractivity contribution >= 4 is 11.8 Å². The topological polar surface area (TPSA) is 49.4 Å². The molecule has 2 rings (SSSR count). The van der Waals surface area contributed by atoms with E-state index in [4.69, 9.17) is 0 Å². The van der Waals surface area contributed by atoms with Crippen LogP contribution in [0.1, 0.15) is 40.2 Å². The number of hydrogen-bond donors (Lipinski definition) is 1. The third-order valence-electron chi connectivity index (χ3n) is 4.23. The first-order valence-electron chi connectivity index (χ1n) is 7.49. The monoisotopic (exact) mass is 288 g/mol. The van der Waals surface area contributed by atoms with E-state index in [1.165, 1.54) is 0 Å². The molecule has 1 aliphatic heterocycles. The molecule has 1 saturated heterocycles. The van der Waals surface area contributed by atoms with Gasteiger partial charge in [0.15, 0.2) is 0 Å². The number of nitrogens with one attached hydrogen (secondary N) is 1. The van der Waals surface area contributed by atoms with Crippen molar-refractivity contribution in [1.82, 2.24) is 10.2 Å². The summed E-state index contributed by atoms with van der Waals surface area (Å²) in [5, 5.41) is 2.91. The van der Waals surface area contributed by atoms with E-state index in [1.54, 1.807) is 4.90 Å². The Morgan fingerprint density at radius 2 is 1.67 bits per heavy atom. The molecule has 2 amide bonds. The zero-order chi connectivity index (χ0) is 15.8. The van der Waals surface area contributed by atoms with Crippen LogP contribution in [0.4, 0.5) is 0 Å². The predicted molar refractivity (Wildman–Crippen MR) is 82.5 cm³/mol. The van der Waals surface area contributed by atoms with Gasteiger partial charge in [-0.25, -0.2) is 0 Å². The molecule has 21 heavy (non-hydrogen) atoms. The summed E-state index contributed by atoms with van der Waals surface area (Å²) in [6.45, 7) is 9.63. The Hall–Kier alpha value is -1.84. The summed E-state index contributed by atoms with van der Waals surface area (Å²) in [7, 11) is 0. The highest BCUT2D eigenvalue weighted by atomic mass is 16.2. The number of piperazine rings is 1. The molecule has 1 heterocycles. The van der Waals surface area contributed by atoms with Crippen LogP contribution in [0.25, 0.3) is 0 Å². The van der Waals surface area contributed by atoms with Gasteiger partial charge in [0.05, 0.1) is 0 Å². The van der Waals surface area contributed by atoms with E-state index in [9.17, 15) is 9.59 Å². The Morgan fingerprint density at radius 3 is 2.14 bits per heavy atom. The first-order valence-corrected chi connectivity index (χ1v) is 7.49. The van der Waals surface area contributed by atoms with Crippen molar-refractivity contribution in [3.8, 4) is 0 Å². The molecule has 1 fully saturated rings. The largest absolute Gasteiger partial charge is 0.342 e. The van der Waals surface area contributed by atoms with Crippen molar-refractivity contribution in [1.29, 1.82) is 0 Å². The molecule has 2 atom stereocenters. The molecule has 0 spiro atoms.